The van der Waals surface area contributed by atoms with E-state index in [1.54, 1.807) is 18.1 Å². The van der Waals surface area contributed by atoms with Crippen molar-refractivity contribution in [2.75, 3.05) is 20.1 Å². The molecule has 0 unspecified atom stereocenters. The van der Waals surface area contributed by atoms with Crippen LogP contribution >= 0.6 is 0 Å². The van der Waals surface area contributed by atoms with Crippen molar-refractivity contribution >= 4 is 12.1 Å². The van der Waals surface area contributed by atoms with Crippen molar-refractivity contribution in [2.45, 2.75) is 45.5 Å². The highest BCUT2D eigenvalue weighted by Gasteiger charge is 2.34. The highest BCUT2D eigenvalue weighted by atomic mass is 16.6. The number of hydrogen-bond donors (Lipinski definition) is 2. The first-order valence-electron chi connectivity index (χ1n) is 9.81. The second kappa shape index (κ2) is 8.98. The molecule has 8 heteroatoms. The van der Waals surface area contributed by atoms with Gasteiger partial charge < -0.3 is 24.8 Å². The molecule has 2 heterocycles. The maximum atomic E-state index is 12.0. The number of guanidine groups is 1. The molecule has 0 atom stereocenters. The van der Waals surface area contributed by atoms with Gasteiger partial charge in [-0.05, 0) is 31.9 Å². The number of imidazole rings is 1. The number of hydrogen-bond acceptors (Lipinski definition) is 4. The van der Waals surface area contributed by atoms with Crippen molar-refractivity contribution in [3.05, 3.63) is 54.1 Å². The molecule has 8 nitrogen and oxygen atoms in total. The summed E-state index contributed by atoms with van der Waals surface area (Å²) in [7, 11) is 1.74. The zero-order chi connectivity index (χ0) is 20.9. The van der Waals surface area contributed by atoms with Crippen LogP contribution in [0, 0.1) is 0 Å². The number of ether oxygens (including phenoxy) is 1. The summed E-state index contributed by atoms with van der Waals surface area (Å²) < 4.78 is 7.42. The molecule has 156 valence electrons. The van der Waals surface area contributed by atoms with Gasteiger partial charge in [0.15, 0.2) is 5.96 Å². The van der Waals surface area contributed by atoms with Gasteiger partial charge in [-0.2, -0.15) is 0 Å². The second-order valence-electron chi connectivity index (χ2n) is 8.20. The maximum Gasteiger partial charge on any atom is 0.410 e. The quantitative estimate of drug-likeness (QED) is 0.596. The summed E-state index contributed by atoms with van der Waals surface area (Å²) in [4.78, 5) is 22.0. The van der Waals surface area contributed by atoms with Gasteiger partial charge in [-0.25, -0.2) is 9.78 Å². The molecular weight excluding hydrogens is 368 g/mol. The Morgan fingerprint density at radius 2 is 1.93 bits per heavy atom. The van der Waals surface area contributed by atoms with Crippen LogP contribution in [0.3, 0.4) is 0 Å². The molecule has 0 bridgehead atoms. The molecule has 0 radical (unpaired) electrons. The van der Waals surface area contributed by atoms with E-state index < -0.39 is 5.60 Å². The molecule has 1 saturated heterocycles. The summed E-state index contributed by atoms with van der Waals surface area (Å²) in [5, 5.41) is 6.66. The highest BCUT2D eigenvalue weighted by molar-refractivity contribution is 5.80. The molecular formula is C21H30N6O2. The van der Waals surface area contributed by atoms with E-state index in [2.05, 4.69) is 44.9 Å². The SMILES string of the molecule is CN=C(NCc1ccc(Cn2ccnc2)cc1)NC1CN(C(=O)OC(C)(C)C)C1. The second-order valence-corrected chi connectivity index (χ2v) is 8.20. The van der Waals surface area contributed by atoms with Gasteiger partial charge in [0.25, 0.3) is 0 Å². The number of benzene rings is 1. The lowest BCUT2D eigenvalue weighted by atomic mass is 10.1. The maximum absolute atomic E-state index is 12.0. The van der Waals surface area contributed by atoms with E-state index in [-0.39, 0.29) is 12.1 Å². The predicted octanol–water partition coefficient (Wildman–Crippen LogP) is 2.22. The van der Waals surface area contributed by atoms with Crippen LogP contribution in [-0.4, -0.2) is 58.3 Å². The highest BCUT2D eigenvalue weighted by Crippen LogP contribution is 2.15. The lowest BCUT2D eigenvalue weighted by molar-refractivity contribution is 0.00701. The molecule has 1 aromatic heterocycles. The molecule has 0 saturated carbocycles. The van der Waals surface area contributed by atoms with Crippen LogP contribution in [0.5, 0.6) is 0 Å². The van der Waals surface area contributed by atoms with Gasteiger partial charge in [0, 0.05) is 45.6 Å². The first-order chi connectivity index (χ1) is 13.8. The van der Waals surface area contributed by atoms with Crippen LogP contribution in [0.4, 0.5) is 4.79 Å². The minimum absolute atomic E-state index is 0.172. The fraction of sp³-hybridized carbons (Fsp3) is 0.476. The number of likely N-dealkylation sites (tertiary alicyclic amines) is 1. The summed E-state index contributed by atoms with van der Waals surface area (Å²) in [5.41, 5.74) is 1.93. The minimum Gasteiger partial charge on any atom is -0.444 e. The van der Waals surface area contributed by atoms with Gasteiger partial charge in [0.2, 0.25) is 0 Å². The molecule has 1 aliphatic rings. The van der Waals surface area contributed by atoms with E-state index in [9.17, 15) is 4.79 Å². The van der Waals surface area contributed by atoms with E-state index >= 15 is 0 Å². The van der Waals surface area contributed by atoms with Gasteiger partial charge in [0.1, 0.15) is 5.60 Å². The number of rotatable bonds is 5. The topological polar surface area (TPSA) is 83.8 Å². The monoisotopic (exact) mass is 398 g/mol. The predicted molar refractivity (Wildman–Crippen MR) is 113 cm³/mol. The molecule has 29 heavy (non-hydrogen) atoms. The Kier molecular flexibility index (Phi) is 6.41. The van der Waals surface area contributed by atoms with Crippen LogP contribution < -0.4 is 10.6 Å². The fourth-order valence-electron chi connectivity index (χ4n) is 2.97. The average molecular weight is 399 g/mol. The lowest BCUT2D eigenvalue weighted by Gasteiger charge is -2.40. The Hall–Kier alpha value is -3.03. The van der Waals surface area contributed by atoms with Crippen LogP contribution in [0.1, 0.15) is 31.9 Å². The molecule has 1 aliphatic heterocycles. The molecule has 1 fully saturated rings. The van der Waals surface area contributed by atoms with Crippen molar-refractivity contribution in [3.8, 4) is 0 Å². The fourth-order valence-corrected chi connectivity index (χ4v) is 2.97. The Morgan fingerprint density at radius 1 is 1.24 bits per heavy atom. The summed E-state index contributed by atoms with van der Waals surface area (Å²) in [6.45, 7) is 8.32. The minimum atomic E-state index is -0.471. The molecule has 0 spiro atoms. The zero-order valence-electron chi connectivity index (χ0n) is 17.6. The number of carbonyl (C=O) groups is 1. The van der Waals surface area contributed by atoms with Crippen molar-refractivity contribution < 1.29 is 9.53 Å². The summed E-state index contributed by atoms with van der Waals surface area (Å²) in [6.07, 6.45) is 5.28. The van der Waals surface area contributed by atoms with Crippen molar-refractivity contribution in [2.24, 2.45) is 4.99 Å². The molecule has 1 aromatic carbocycles. The van der Waals surface area contributed by atoms with E-state index in [0.717, 1.165) is 12.5 Å². The van der Waals surface area contributed by atoms with Gasteiger partial charge >= 0.3 is 6.09 Å². The number of aromatic nitrogens is 2. The normalized spacial score (nSPS) is 15.0. The zero-order valence-corrected chi connectivity index (χ0v) is 17.6. The van der Waals surface area contributed by atoms with Crippen molar-refractivity contribution in [1.29, 1.82) is 0 Å². The Morgan fingerprint density at radius 3 is 2.52 bits per heavy atom. The number of carbonyl (C=O) groups excluding carboxylic acids is 1. The Balaban J connectivity index is 1.40. The summed E-state index contributed by atoms with van der Waals surface area (Å²) >= 11 is 0. The number of nitrogens with zero attached hydrogens (tertiary/aromatic N) is 4. The molecule has 1 amide bonds. The molecule has 0 aliphatic carbocycles. The van der Waals surface area contributed by atoms with Crippen molar-refractivity contribution in [3.63, 3.8) is 0 Å². The summed E-state index contributed by atoms with van der Waals surface area (Å²) in [6, 6.07) is 8.64. The van der Waals surface area contributed by atoms with Crippen molar-refractivity contribution in [1.82, 2.24) is 25.1 Å². The van der Waals surface area contributed by atoms with Crippen LogP contribution in [0.15, 0.2) is 48.0 Å². The van der Waals surface area contributed by atoms with Gasteiger partial charge in [-0.3, -0.25) is 4.99 Å². The van der Waals surface area contributed by atoms with E-state index in [1.807, 2.05) is 37.9 Å². The Labute approximate surface area is 172 Å². The average Bonchev–Trinajstić information content (AvgIpc) is 3.13. The molecule has 3 rings (SSSR count). The largest absolute Gasteiger partial charge is 0.444 e. The summed E-state index contributed by atoms with van der Waals surface area (Å²) in [5.74, 6) is 0.723. The third kappa shape index (κ3) is 6.23. The molecule has 2 N–H and O–H groups in total. The van der Waals surface area contributed by atoms with Crippen LogP contribution in [0.2, 0.25) is 0 Å². The standard InChI is InChI=1S/C21H30N6O2/c1-21(2,3)29-20(28)27-13-18(14-27)25-19(22-4)24-11-16-5-7-17(8-6-16)12-26-10-9-23-15-26/h5-10,15,18H,11-14H2,1-4H3,(H2,22,24,25). The third-order valence-electron chi connectivity index (χ3n) is 4.50. The van der Waals surface area contributed by atoms with Crippen LogP contribution in [0.25, 0.3) is 0 Å². The van der Waals surface area contributed by atoms with E-state index in [1.165, 1.54) is 11.1 Å². The van der Waals surface area contributed by atoms with E-state index in [0.29, 0.717) is 19.6 Å². The molecule has 2 aromatic rings. The van der Waals surface area contributed by atoms with Gasteiger partial charge in [0.05, 0.1) is 12.4 Å². The Bertz CT molecular complexity index is 818. The lowest BCUT2D eigenvalue weighted by Crippen LogP contribution is -2.63. The number of aliphatic imine (C=N–C) groups is 1. The number of nitrogens with one attached hydrogen (secondary N) is 2. The van der Waals surface area contributed by atoms with Crippen LogP contribution in [-0.2, 0) is 17.8 Å². The first-order valence-corrected chi connectivity index (χ1v) is 9.81. The van der Waals surface area contributed by atoms with Gasteiger partial charge in [-0.1, -0.05) is 24.3 Å². The third-order valence-corrected chi connectivity index (χ3v) is 4.50. The smallest absolute Gasteiger partial charge is 0.410 e. The first kappa shape index (κ1) is 20.7. The van der Waals surface area contributed by atoms with E-state index in [4.69, 9.17) is 4.74 Å². The van der Waals surface area contributed by atoms with Gasteiger partial charge in [-0.15, -0.1) is 0 Å². The number of amides is 1.